The largest absolute Gasteiger partial charge is 0.493 e. The second-order valence-electron chi connectivity index (χ2n) is 7.40. The molecular formula is C23H29BrN2O4. The summed E-state index contributed by atoms with van der Waals surface area (Å²) in [6.07, 6.45) is 0. The fourth-order valence-electron chi connectivity index (χ4n) is 2.78. The smallest absolute Gasteiger partial charge is 0.261 e. The lowest BCUT2D eigenvalue weighted by atomic mass is 10.1. The summed E-state index contributed by atoms with van der Waals surface area (Å²) in [5.74, 6) is 0.884. The van der Waals surface area contributed by atoms with Crippen molar-refractivity contribution in [2.45, 2.75) is 33.4 Å². The highest BCUT2D eigenvalue weighted by Crippen LogP contribution is 2.26. The van der Waals surface area contributed by atoms with Crippen molar-refractivity contribution in [1.29, 1.82) is 0 Å². The molecule has 0 saturated carbocycles. The summed E-state index contributed by atoms with van der Waals surface area (Å²) >= 11 is 3.41. The van der Waals surface area contributed by atoms with Crippen molar-refractivity contribution >= 4 is 27.7 Å². The highest BCUT2D eigenvalue weighted by molar-refractivity contribution is 9.10. The molecule has 2 aromatic rings. The van der Waals surface area contributed by atoms with Crippen molar-refractivity contribution in [2.24, 2.45) is 5.92 Å². The van der Waals surface area contributed by atoms with Crippen molar-refractivity contribution in [3.63, 3.8) is 0 Å². The lowest BCUT2D eigenvalue weighted by molar-refractivity contribution is -0.142. The highest BCUT2D eigenvalue weighted by atomic mass is 79.9. The van der Waals surface area contributed by atoms with Crippen molar-refractivity contribution in [3.8, 4) is 11.5 Å². The van der Waals surface area contributed by atoms with Crippen LogP contribution in [0.4, 0.5) is 0 Å². The lowest BCUT2D eigenvalue weighted by Gasteiger charge is -2.29. The average molecular weight is 477 g/mol. The molecule has 0 saturated heterocycles. The number of methoxy groups -OCH3 is 1. The number of nitrogens with zero attached hydrogens (tertiary/aromatic N) is 1. The first-order valence-corrected chi connectivity index (χ1v) is 10.7. The topological polar surface area (TPSA) is 67.9 Å². The molecular weight excluding hydrogens is 448 g/mol. The molecule has 0 aliphatic carbocycles. The molecule has 0 radical (unpaired) electrons. The van der Waals surface area contributed by atoms with E-state index in [1.165, 1.54) is 4.90 Å². The van der Waals surface area contributed by atoms with Crippen LogP contribution in [0, 0.1) is 5.92 Å². The maximum absolute atomic E-state index is 13.0. The van der Waals surface area contributed by atoms with Gasteiger partial charge in [0.25, 0.3) is 5.91 Å². The number of carbonyl (C=O) groups is 2. The maximum Gasteiger partial charge on any atom is 0.261 e. The minimum absolute atomic E-state index is 0.188. The van der Waals surface area contributed by atoms with Gasteiger partial charge in [-0.15, -0.1) is 0 Å². The first kappa shape index (κ1) is 23.7. The number of hydrogen-bond donors (Lipinski definition) is 1. The van der Waals surface area contributed by atoms with Crippen LogP contribution in [0.1, 0.15) is 26.3 Å². The third-order valence-corrected chi connectivity index (χ3v) is 5.07. The zero-order chi connectivity index (χ0) is 22.1. The second-order valence-corrected chi connectivity index (χ2v) is 8.32. The number of halogens is 1. The standard InChI is InChI=1S/C23H29BrN2O4/c1-16(2)13-25-23(28)17(3)26(14-18-9-11-19(24)12-10-18)22(27)15-30-21-8-6-5-7-20(21)29-4/h5-12,16-17H,13-15H2,1-4H3,(H,25,28)/t17-/m1/s1. The first-order chi connectivity index (χ1) is 14.3. The number of ether oxygens (including phenoxy) is 2. The molecule has 0 aliphatic rings. The van der Waals surface area contributed by atoms with Gasteiger partial charge >= 0.3 is 0 Å². The quantitative estimate of drug-likeness (QED) is 0.561. The molecule has 0 unspecified atom stereocenters. The Kier molecular flexibility index (Phi) is 9.17. The van der Waals surface area contributed by atoms with Gasteiger partial charge in [0.15, 0.2) is 18.1 Å². The van der Waals surface area contributed by atoms with Crippen molar-refractivity contribution < 1.29 is 19.1 Å². The Balaban J connectivity index is 2.15. The number of carbonyl (C=O) groups excluding carboxylic acids is 2. The minimum Gasteiger partial charge on any atom is -0.493 e. The fourth-order valence-corrected chi connectivity index (χ4v) is 3.05. The summed E-state index contributed by atoms with van der Waals surface area (Å²) < 4.78 is 11.9. The number of hydrogen-bond acceptors (Lipinski definition) is 4. The molecule has 7 heteroatoms. The van der Waals surface area contributed by atoms with Gasteiger partial charge in [0.05, 0.1) is 7.11 Å². The molecule has 1 N–H and O–H groups in total. The molecule has 2 aromatic carbocycles. The van der Waals surface area contributed by atoms with E-state index in [0.29, 0.717) is 30.5 Å². The molecule has 0 spiro atoms. The molecule has 0 aliphatic heterocycles. The average Bonchev–Trinajstić information content (AvgIpc) is 2.75. The minimum atomic E-state index is -0.638. The molecule has 30 heavy (non-hydrogen) atoms. The predicted molar refractivity (Wildman–Crippen MR) is 120 cm³/mol. The van der Waals surface area contributed by atoms with Crippen LogP contribution in [0.2, 0.25) is 0 Å². The summed E-state index contributed by atoms with van der Waals surface area (Å²) in [6, 6.07) is 14.2. The van der Waals surface area contributed by atoms with Gasteiger partial charge in [0.2, 0.25) is 5.91 Å². The van der Waals surface area contributed by atoms with E-state index in [4.69, 9.17) is 9.47 Å². The summed E-state index contributed by atoms with van der Waals surface area (Å²) in [5, 5.41) is 2.90. The van der Waals surface area contributed by atoms with E-state index in [9.17, 15) is 9.59 Å². The summed E-state index contributed by atoms with van der Waals surface area (Å²) in [4.78, 5) is 27.2. The molecule has 0 bridgehead atoms. The van der Waals surface area contributed by atoms with Crippen LogP contribution in [0.25, 0.3) is 0 Å². The van der Waals surface area contributed by atoms with E-state index in [-0.39, 0.29) is 18.4 Å². The molecule has 162 valence electrons. The van der Waals surface area contributed by atoms with Gasteiger partial charge in [0, 0.05) is 17.6 Å². The molecule has 0 fully saturated rings. The number of nitrogens with one attached hydrogen (secondary N) is 1. The lowest BCUT2D eigenvalue weighted by Crippen LogP contribution is -2.49. The number of amides is 2. The molecule has 6 nitrogen and oxygen atoms in total. The van der Waals surface area contributed by atoms with Gasteiger partial charge in [0.1, 0.15) is 6.04 Å². The zero-order valence-corrected chi connectivity index (χ0v) is 19.4. The van der Waals surface area contributed by atoms with E-state index in [1.54, 1.807) is 26.2 Å². The Morgan fingerprint density at radius 1 is 1.03 bits per heavy atom. The maximum atomic E-state index is 13.0. The van der Waals surface area contributed by atoms with E-state index < -0.39 is 6.04 Å². The van der Waals surface area contributed by atoms with Crippen LogP contribution >= 0.6 is 15.9 Å². The number of para-hydroxylation sites is 2. The van der Waals surface area contributed by atoms with Crippen LogP contribution in [0.3, 0.4) is 0 Å². The normalized spacial score (nSPS) is 11.7. The monoisotopic (exact) mass is 476 g/mol. The molecule has 2 amide bonds. The van der Waals surface area contributed by atoms with Gasteiger partial charge in [-0.3, -0.25) is 9.59 Å². The Hall–Kier alpha value is -2.54. The van der Waals surface area contributed by atoms with E-state index in [0.717, 1.165) is 10.0 Å². The third-order valence-electron chi connectivity index (χ3n) is 4.54. The molecule has 0 heterocycles. The van der Waals surface area contributed by atoms with Gasteiger partial charge < -0.3 is 19.7 Å². The van der Waals surface area contributed by atoms with Gasteiger partial charge in [-0.05, 0) is 42.7 Å². The van der Waals surface area contributed by atoms with Crippen molar-refractivity contribution in [1.82, 2.24) is 10.2 Å². The van der Waals surface area contributed by atoms with Gasteiger partial charge in [-0.25, -0.2) is 0 Å². The van der Waals surface area contributed by atoms with Crippen LogP contribution in [-0.2, 0) is 16.1 Å². The van der Waals surface area contributed by atoms with Crippen LogP contribution in [0.15, 0.2) is 53.0 Å². The summed E-state index contributed by atoms with van der Waals surface area (Å²) in [6.45, 7) is 6.45. The molecule has 0 aromatic heterocycles. The highest BCUT2D eigenvalue weighted by Gasteiger charge is 2.26. The van der Waals surface area contributed by atoms with Crippen LogP contribution < -0.4 is 14.8 Å². The zero-order valence-electron chi connectivity index (χ0n) is 17.9. The number of rotatable bonds is 10. The Labute approximate surface area is 186 Å². The van der Waals surface area contributed by atoms with E-state index in [1.807, 2.05) is 50.2 Å². The third kappa shape index (κ3) is 7.06. The van der Waals surface area contributed by atoms with Crippen LogP contribution in [0.5, 0.6) is 11.5 Å². The van der Waals surface area contributed by atoms with Gasteiger partial charge in [-0.1, -0.05) is 54.0 Å². The van der Waals surface area contributed by atoms with Crippen molar-refractivity contribution in [2.75, 3.05) is 20.3 Å². The predicted octanol–water partition coefficient (Wildman–Crippen LogP) is 4.03. The van der Waals surface area contributed by atoms with Crippen molar-refractivity contribution in [3.05, 3.63) is 58.6 Å². The summed E-state index contributed by atoms with van der Waals surface area (Å²) in [7, 11) is 1.55. The van der Waals surface area contributed by atoms with Crippen LogP contribution in [-0.4, -0.2) is 43.0 Å². The first-order valence-electron chi connectivity index (χ1n) is 9.89. The van der Waals surface area contributed by atoms with E-state index in [2.05, 4.69) is 21.2 Å². The Bertz CT molecular complexity index is 839. The molecule has 2 rings (SSSR count). The second kappa shape index (κ2) is 11.6. The fraction of sp³-hybridized carbons (Fsp3) is 0.391. The number of benzene rings is 2. The Morgan fingerprint density at radius 3 is 2.27 bits per heavy atom. The Morgan fingerprint density at radius 2 is 1.67 bits per heavy atom. The SMILES string of the molecule is COc1ccccc1OCC(=O)N(Cc1ccc(Br)cc1)[C@H](C)C(=O)NCC(C)C. The van der Waals surface area contributed by atoms with E-state index >= 15 is 0 Å². The summed E-state index contributed by atoms with van der Waals surface area (Å²) in [5.41, 5.74) is 0.923. The van der Waals surface area contributed by atoms with Gasteiger partial charge in [-0.2, -0.15) is 0 Å². The molecule has 1 atom stereocenters.